The summed E-state index contributed by atoms with van der Waals surface area (Å²) < 4.78 is 14.3. The van der Waals surface area contributed by atoms with Crippen LogP contribution in [0.15, 0.2) is 103 Å². The van der Waals surface area contributed by atoms with Gasteiger partial charge in [-0.05, 0) is 111 Å². The fourth-order valence-electron chi connectivity index (χ4n) is 7.61. The van der Waals surface area contributed by atoms with E-state index in [0.717, 1.165) is 16.7 Å². The number of benzene rings is 8. The van der Waals surface area contributed by atoms with Crippen molar-refractivity contribution >= 4 is 53.9 Å². The molecule has 2 aliphatic rings. The SMILES string of the molecule is Fc1ccc2c(c1)-c1ccc3c4c1c-2ccc4c1ccc2c4c(c5ccccc5c3c41)-c1ccccc1-2. The summed E-state index contributed by atoms with van der Waals surface area (Å²) in [6, 6.07) is 36.6. The van der Waals surface area contributed by atoms with Crippen molar-refractivity contribution in [1.82, 2.24) is 0 Å². The van der Waals surface area contributed by atoms with E-state index in [0.29, 0.717) is 0 Å². The average Bonchev–Trinajstić information content (AvgIpc) is 3.45. The molecule has 0 fully saturated rings. The summed E-state index contributed by atoms with van der Waals surface area (Å²) in [5.74, 6) is -0.185. The van der Waals surface area contributed by atoms with Gasteiger partial charge in [0.05, 0.1) is 0 Å². The van der Waals surface area contributed by atoms with Crippen LogP contribution in [0.2, 0.25) is 0 Å². The molecule has 0 saturated carbocycles. The quantitative estimate of drug-likeness (QED) is 0.153. The second kappa shape index (κ2) is 5.96. The molecule has 0 atom stereocenters. The summed E-state index contributed by atoms with van der Waals surface area (Å²) in [6.07, 6.45) is 0. The van der Waals surface area contributed by atoms with Crippen molar-refractivity contribution in [3.8, 4) is 44.5 Å². The zero-order valence-electron chi connectivity index (χ0n) is 19.7. The van der Waals surface area contributed by atoms with E-state index in [2.05, 4.69) is 84.9 Å². The minimum Gasteiger partial charge on any atom is -0.207 e. The number of fused-ring (bicyclic) bond motifs is 11. The molecule has 37 heavy (non-hydrogen) atoms. The lowest BCUT2D eigenvalue weighted by Crippen LogP contribution is -1.91. The summed E-state index contributed by atoms with van der Waals surface area (Å²) in [6.45, 7) is 0. The van der Waals surface area contributed by atoms with E-state index in [4.69, 9.17) is 0 Å². The fraction of sp³-hybridized carbons (Fsp3) is 0. The topological polar surface area (TPSA) is 0 Å². The highest BCUT2D eigenvalue weighted by Gasteiger charge is 2.29. The molecular formula is C36H17F. The summed E-state index contributed by atoms with van der Waals surface area (Å²) in [7, 11) is 0. The number of halogens is 1. The summed E-state index contributed by atoms with van der Waals surface area (Å²) in [5, 5.41) is 13.1. The maximum Gasteiger partial charge on any atom is 0.123 e. The minimum absolute atomic E-state index is 0.185. The van der Waals surface area contributed by atoms with Gasteiger partial charge in [0.25, 0.3) is 0 Å². The molecule has 8 aromatic rings. The van der Waals surface area contributed by atoms with Crippen LogP contribution >= 0.6 is 0 Å². The van der Waals surface area contributed by atoms with E-state index in [-0.39, 0.29) is 5.82 Å². The third kappa shape index (κ3) is 1.94. The lowest BCUT2D eigenvalue weighted by Gasteiger charge is -2.19. The summed E-state index contributed by atoms with van der Waals surface area (Å²) in [4.78, 5) is 0. The molecule has 1 heteroatoms. The van der Waals surface area contributed by atoms with Crippen LogP contribution in [0.3, 0.4) is 0 Å². The Kier molecular flexibility index (Phi) is 2.98. The molecular weight excluding hydrogens is 451 g/mol. The molecule has 0 N–H and O–H groups in total. The first-order valence-electron chi connectivity index (χ1n) is 12.8. The molecule has 0 aromatic heterocycles. The van der Waals surface area contributed by atoms with Crippen LogP contribution < -0.4 is 0 Å². The van der Waals surface area contributed by atoms with E-state index >= 15 is 0 Å². The van der Waals surface area contributed by atoms with Gasteiger partial charge in [0.1, 0.15) is 5.82 Å². The standard InChI is InChI=1S/C36H17F/c37-18-9-10-20-24-11-13-26-27-14-12-25-19-5-1-2-6-21(19)32-22-7-3-4-8-23(22)34(36(27)35(25)32)29-16-15-28(30(20)17-18)31(24)33(26)29/h1-17H. The van der Waals surface area contributed by atoms with Crippen LogP contribution in [0.25, 0.3) is 98.4 Å². The van der Waals surface area contributed by atoms with E-state index in [1.165, 1.54) is 81.7 Å². The number of hydrogen-bond acceptors (Lipinski definition) is 0. The Morgan fingerprint density at radius 2 is 0.865 bits per heavy atom. The van der Waals surface area contributed by atoms with Crippen LogP contribution in [0.4, 0.5) is 4.39 Å². The number of hydrogen-bond donors (Lipinski definition) is 0. The van der Waals surface area contributed by atoms with Crippen molar-refractivity contribution in [2.24, 2.45) is 0 Å². The predicted octanol–water partition coefficient (Wildman–Crippen LogP) is 10.3. The van der Waals surface area contributed by atoms with Crippen molar-refractivity contribution in [2.75, 3.05) is 0 Å². The van der Waals surface area contributed by atoms with Crippen molar-refractivity contribution in [3.63, 3.8) is 0 Å². The van der Waals surface area contributed by atoms with E-state index in [1.54, 1.807) is 12.1 Å². The van der Waals surface area contributed by atoms with Crippen molar-refractivity contribution in [1.29, 1.82) is 0 Å². The Bertz CT molecular complexity index is 2360. The number of rotatable bonds is 0. The van der Waals surface area contributed by atoms with Crippen LogP contribution in [-0.2, 0) is 0 Å². The monoisotopic (exact) mass is 468 g/mol. The van der Waals surface area contributed by atoms with Crippen molar-refractivity contribution in [2.45, 2.75) is 0 Å². The van der Waals surface area contributed by atoms with Gasteiger partial charge in [0, 0.05) is 0 Å². The largest absolute Gasteiger partial charge is 0.207 e. The maximum atomic E-state index is 14.3. The molecule has 0 saturated heterocycles. The van der Waals surface area contributed by atoms with E-state index in [9.17, 15) is 4.39 Å². The molecule has 0 nitrogen and oxygen atoms in total. The lowest BCUT2D eigenvalue weighted by atomic mass is 9.83. The molecule has 0 aliphatic heterocycles. The maximum absolute atomic E-state index is 14.3. The average molecular weight is 469 g/mol. The van der Waals surface area contributed by atoms with Gasteiger partial charge >= 0.3 is 0 Å². The summed E-state index contributed by atoms with van der Waals surface area (Å²) in [5.41, 5.74) is 9.81. The Labute approximate surface area is 211 Å². The molecule has 168 valence electrons. The van der Waals surface area contributed by atoms with Gasteiger partial charge in [-0.2, -0.15) is 0 Å². The zero-order chi connectivity index (χ0) is 24.0. The van der Waals surface area contributed by atoms with Gasteiger partial charge in [-0.1, -0.05) is 91.0 Å². The highest BCUT2D eigenvalue weighted by Crippen LogP contribution is 2.57. The normalized spacial score (nSPS) is 13.0. The molecule has 0 unspecified atom stereocenters. The van der Waals surface area contributed by atoms with Crippen LogP contribution in [0.1, 0.15) is 0 Å². The van der Waals surface area contributed by atoms with E-state index in [1.807, 2.05) is 6.07 Å². The Balaban J connectivity index is 1.53. The minimum atomic E-state index is -0.185. The Morgan fingerprint density at radius 1 is 0.324 bits per heavy atom. The third-order valence-corrected chi connectivity index (χ3v) is 8.94. The van der Waals surface area contributed by atoms with Gasteiger partial charge in [-0.25, -0.2) is 4.39 Å². The second-order valence-corrected chi connectivity index (χ2v) is 10.5. The predicted molar refractivity (Wildman–Crippen MR) is 154 cm³/mol. The van der Waals surface area contributed by atoms with Gasteiger partial charge in [0.2, 0.25) is 0 Å². The second-order valence-electron chi connectivity index (χ2n) is 10.5. The van der Waals surface area contributed by atoms with Crippen molar-refractivity contribution < 1.29 is 4.39 Å². The van der Waals surface area contributed by atoms with Crippen LogP contribution in [-0.4, -0.2) is 0 Å². The van der Waals surface area contributed by atoms with Crippen LogP contribution in [0, 0.1) is 5.82 Å². The lowest BCUT2D eigenvalue weighted by molar-refractivity contribution is 0.628. The van der Waals surface area contributed by atoms with Crippen molar-refractivity contribution in [3.05, 3.63) is 109 Å². The molecule has 0 amide bonds. The molecule has 10 rings (SSSR count). The third-order valence-electron chi connectivity index (χ3n) is 8.94. The zero-order valence-corrected chi connectivity index (χ0v) is 19.7. The fourth-order valence-corrected chi connectivity index (χ4v) is 7.61. The van der Waals surface area contributed by atoms with E-state index < -0.39 is 0 Å². The first-order valence-corrected chi connectivity index (χ1v) is 12.8. The van der Waals surface area contributed by atoms with Crippen LogP contribution in [0.5, 0.6) is 0 Å². The van der Waals surface area contributed by atoms with Gasteiger partial charge in [0.15, 0.2) is 0 Å². The molecule has 2 aliphatic carbocycles. The molecule has 8 aromatic carbocycles. The highest BCUT2D eigenvalue weighted by atomic mass is 19.1. The van der Waals surface area contributed by atoms with Gasteiger partial charge < -0.3 is 0 Å². The molecule has 0 spiro atoms. The highest BCUT2D eigenvalue weighted by molar-refractivity contribution is 6.45. The molecule has 0 heterocycles. The smallest absolute Gasteiger partial charge is 0.123 e. The summed E-state index contributed by atoms with van der Waals surface area (Å²) >= 11 is 0. The first-order chi connectivity index (χ1) is 18.3. The Hall–Kier alpha value is -4.75. The molecule has 0 radical (unpaired) electrons. The first kappa shape index (κ1) is 18.5. The van der Waals surface area contributed by atoms with Gasteiger partial charge in [-0.15, -0.1) is 0 Å². The Morgan fingerprint density at radius 3 is 1.70 bits per heavy atom. The molecule has 0 bridgehead atoms. The van der Waals surface area contributed by atoms with Gasteiger partial charge in [-0.3, -0.25) is 0 Å².